The van der Waals surface area contributed by atoms with Gasteiger partial charge in [0, 0.05) is 44.1 Å². The van der Waals surface area contributed by atoms with Crippen LogP contribution in [0.3, 0.4) is 0 Å². The van der Waals surface area contributed by atoms with Crippen LogP contribution in [0.5, 0.6) is 0 Å². The highest BCUT2D eigenvalue weighted by Gasteiger charge is 2.31. The van der Waals surface area contributed by atoms with E-state index in [0.717, 1.165) is 76.2 Å². The molecule has 0 N–H and O–H groups in total. The van der Waals surface area contributed by atoms with Gasteiger partial charge in [0.15, 0.2) is 0 Å². The summed E-state index contributed by atoms with van der Waals surface area (Å²) in [6.07, 6.45) is 8.71. The Balaban J connectivity index is 1.43. The Kier molecular flexibility index (Phi) is 6.38. The Hall–Kier alpha value is -1.69. The standard InChI is InChI=1S/C23H36N4O2/c1-17-8-6-13-26(18(17)2)23(29)16-25-11-7-9-19(15-25)20-14-22(28)27-12-5-3-4-10-21(27)24-20/h14,17-19H,3-13,15-16H2,1-2H3/t17-,18+,19+/m1/s1. The fourth-order valence-electron chi connectivity index (χ4n) is 5.35. The highest BCUT2D eigenvalue weighted by atomic mass is 16.2. The molecule has 0 aliphatic carbocycles. The normalized spacial score (nSPS) is 28.6. The Bertz CT molecular complexity index is 790. The minimum absolute atomic E-state index is 0.108. The van der Waals surface area contributed by atoms with Crippen LogP contribution in [0.25, 0.3) is 0 Å². The first-order chi connectivity index (χ1) is 14.0. The van der Waals surface area contributed by atoms with Crippen LogP contribution in [0.15, 0.2) is 10.9 Å². The summed E-state index contributed by atoms with van der Waals surface area (Å²) in [6.45, 7) is 8.43. The number of carbonyl (C=O) groups is 1. The van der Waals surface area contributed by atoms with Gasteiger partial charge in [0.25, 0.3) is 5.56 Å². The van der Waals surface area contributed by atoms with Gasteiger partial charge in [0.05, 0.1) is 12.2 Å². The molecule has 3 aliphatic rings. The topological polar surface area (TPSA) is 58.4 Å². The SMILES string of the molecule is C[C@@H]1CCCN(C(=O)CN2CCC[C@H](c3cc(=O)n4c(n3)CCCCC4)C2)[C@H]1C. The monoisotopic (exact) mass is 400 g/mol. The van der Waals surface area contributed by atoms with Gasteiger partial charge in [-0.3, -0.25) is 19.1 Å². The zero-order valence-corrected chi connectivity index (χ0v) is 18.1. The van der Waals surface area contributed by atoms with Crippen molar-refractivity contribution in [2.45, 2.75) is 83.7 Å². The molecule has 0 spiro atoms. The zero-order chi connectivity index (χ0) is 20.4. The number of hydrogen-bond acceptors (Lipinski definition) is 4. The minimum atomic E-state index is 0.108. The van der Waals surface area contributed by atoms with E-state index in [-0.39, 0.29) is 17.4 Å². The molecule has 2 saturated heterocycles. The molecule has 3 aliphatic heterocycles. The number of piperidine rings is 2. The zero-order valence-electron chi connectivity index (χ0n) is 18.1. The molecule has 0 radical (unpaired) electrons. The first-order valence-corrected chi connectivity index (χ1v) is 11.7. The van der Waals surface area contributed by atoms with E-state index in [4.69, 9.17) is 4.98 Å². The van der Waals surface area contributed by atoms with Crippen molar-refractivity contribution in [2.24, 2.45) is 5.92 Å². The fourth-order valence-corrected chi connectivity index (χ4v) is 5.35. The molecule has 4 rings (SSSR count). The maximum absolute atomic E-state index is 13.0. The van der Waals surface area contributed by atoms with Crippen molar-refractivity contribution in [2.75, 3.05) is 26.2 Å². The number of hydrogen-bond donors (Lipinski definition) is 0. The smallest absolute Gasteiger partial charge is 0.253 e. The number of carbonyl (C=O) groups excluding carboxylic acids is 1. The van der Waals surface area contributed by atoms with Gasteiger partial charge < -0.3 is 4.90 Å². The Labute approximate surface area is 174 Å². The van der Waals surface area contributed by atoms with Crippen LogP contribution in [0, 0.1) is 5.92 Å². The molecule has 0 unspecified atom stereocenters. The van der Waals surface area contributed by atoms with Crippen LogP contribution >= 0.6 is 0 Å². The van der Waals surface area contributed by atoms with Crippen molar-refractivity contribution >= 4 is 5.91 Å². The van der Waals surface area contributed by atoms with Gasteiger partial charge in [-0.2, -0.15) is 0 Å². The molecular weight excluding hydrogens is 364 g/mol. The molecule has 3 atom stereocenters. The van der Waals surface area contributed by atoms with Crippen LogP contribution in [-0.2, 0) is 17.8 Å². The Morgan fingerprint density at radius 1 is 1.07 bits per heavy atom. The summed E-state index contributed by atoms with van der Waals surface area (Å²) in [6, 6.07) is 2.10. The van der Waals surface area contributed by atoms with E-state index >= 15 is 0 Å². The predicted octanol–water partition coefficient (Wildman–Crippen LogP) is 2.80. The molecule has 1 amide bonds. The lowest BCUT2D eigenvalue weighted by Gasteiger charge is -2.40. The van der Waals surface area contributed by atoms with E-state index in [1.54, 1.807) is 6.07 Å². The summed E-state index contributed by atoms with van der Waals surface area (Å²) in [4.78, 5) is 34.9. The molecule has 0 bridgehead atoms. The lowest BCUT2D eigenvalue weighted by atomic mass is 9.91. The van der Waals surface area contributed by atoms with Gasteiger partial charge in [-0.25, -0.2) is 4.98 Å². The maximum atomic E-state index is 13.0. The highest BCUT2D eigenvalue weighted by Crippen LogP contribution is 2.27. The maximum Gasteiger partial charge on any atom is 0.253 e. The predicted molar refractivity (Wildman–Crippen MR) is 114 cm³/mol. The van der Waals surface area contributed by atoms with Crippen LogP contribution in [0.1, 0.15) is 76.2 Å². The Morgan fingerprint density at radius 3 is 2.76 bits per heavy atom. The number of amides is 1. The molecule has 29 heavy (non-hydrogen) atoms. The second kappa shape index (κ2) is 8.99. The quantitative estimate of drug-likeness (QED) is 0.783. The number of fused-ring (bicyclic) bond motifs is 1. The highest BCUT2D eigenvalue weighted by molar-refractivity contribution is 5.78. The average Bonchev–Trinajstić information content (AvgIpc) is 2.96. The first kappa shape index (κ1) is 20.6. The summed E-state index contributed by atoms with van der Waals surface area (Å²) < 4.78 is 1.87. The molecule has 1 aromatic rings. The molecule has 160 valence electrons. The Morgan fingerprint density at radius 2 is 1.90 bits per heavy atom. The van der Waals surface area contributed by atoms with E-state index in [2.05, 4.69) is 23.6 Å². The molecule has 2 fully saturated rings. The van der Waals surface area contributed by atoms with E-state index in [1.807, 2.05) is 4.57 Å². The average molecular weight is 401 g/mol. The lowest BCUT2D eigenvalue weighted by Crippen LogP contribution is -2.50. The van der Waals surface area contributed by atoms with Crippen molar-refractivity contribution in [1.29, 1.82) is 0 Å². The van der Waals surface area contributed by atoms with Crippen molar-refractivity contribution in [3.8, 4) is 0 Å². The summed E-state index contributed by atoms with van der Waals surface area (Å²) in [5, 5.41) is 0. The van der Waals surface area contributed by atoms with Crippen LogP contribution in [-0.4, -0.2) is 57.5 Å². The second-order valence-electron chi connectivity index (χ2n) is 9.42. The van der Waals surface area contributed by atoms with Crippen LogP contribution in [0.4, 0.5) is 0 Å². The fraction of sp³-hybridized carbons (Fsp3) is 0.783. The summed E-state index contributed by atoms with van der Waals surface area (Å²) in [5.41, 5.74) is 1.05. The van der Waals surface area contributed by atoms with Crippen LogP contribution < -0.4 is 5.56 Å². The van der Waals surface area contributed by atoms with Gasteiger partial charge in [-0.1, -0.05) is 13.3 Å². The third-order valence-corrected chi connectivity index (χ3v) is 7.37. The van der Waals surface area contributed by atoms with Crippen molar-refractivity contribution in [3.05, 3.63) is 27.9 Å². The summed E-state index contributed by atoms with van der Waals surface area (Å²) >= 11 is 0. The van der Waals surface area contributed by atoms with E-state index in [0.29, 0.717) is 18.5 Å². The molecule has 0 saturated carbocycles. The third kappa shape index (κ3) is 4.57. The van der Waals surface area contributed by atoms with Crippen molar-refractivity contribution in [3.63, 3.8) is 0 Å². The molecule has 1 aromatic heterocycles. The molecule has 4 heterocycles. The van der Waals surface area contributed by atoms with Crippen molar-refractivity contribution < 1.29 is 4.79 Å². The van der Waals surface area contributed by atoms with Gasteiger partial charge in [-0.05, 0) is 57.9 Å². The number of rotatable bonds is 3. The minimum Gasteiger partial charge on any atom is -0.339 e. The van der Waals surface area contributed by atoms with Crippen LogP contribution in [0.2, 0.25) is 0 Å². The largest absolute Gasteiger partial charge is 0.339 e. The van der Waals surface area contributed by atoms with Gasteiger partial charge in [0.2, 0.25) is 5.91 Å². The molecule has 6 heteroatoms. The first-order valence-electron chi connectivity index (χ1n) is 11.7. The molecule has 6 nitrogen and oxygen atoms in total. The molecular formula is C23H36N4O2. The van der Waals surface area contributed by atoms with Gasteiger partial charge in [-0.15, -0.1) is 0 Å². The second-order valence-corrected chi connectivity index (χ2v) is 9.42. The molecule has 0 aromatic carbocycles. The number of aromatic nitrogens is 2. The van der Waals surface area contributed by atoms with E-state index in [9.17, 15) is 9.59 Å². The number of aryl methyl sites for hydroxylation is 1. The van der Waals surface area contributed by atoms with Gasteiger partial charge in [0.1, 0.15) is 5.82 Å². The number of likely N-dealkylation sites (tertiary alicyclic amines) is 2. The van der Waals surface area contributed by atoms with Crippen molar-refractivity contribution in [1.82, 2.24) is 19.4 Å². The third-order valence-electron chi connectivity index (χ3n) is 7.37. The summed E-state index contributed by atoms with van der Waals surface area (Å²) in [7, 11) is 0. The lowest BCUT2D eigenvalue weighted by molar-refractivity contribution is -0.137. The summed E-state index contributed by atoms with van der Waals surface area (Å²) in [5.74, 6) is 2.07. The van der Waals surface area contributed by atoms with Gasteiger partial charge >= 0.3 is 0 Å². The van der Waals surface area contributed by atoms with E-state index < -0.39 is 0 Å². The number of nitrogens with zero attached hydrogens (tertiary/aromatic N) is 4. The van der Waals surface area contributed by atoms with E-state index in [1.165, 1.54) is 12.8 Å².